The van der Waals surface area contributed by atoms with E-state index in [1.807, 2.05) is 0 Å². The minimum Gasteiger partial charge on any atom is -0.383 e. The van der Waals surface area contributed by atoms with Gasteiger partial charge in [-0.1, -0.05) is 0 Å². The van der Waals surface area contributed by atoms with E-state index in [1.165, 1.54) is 11.3 Å². The van der Waals surface area contributed by atoms with Crippen molar-refractivity contribution in [2.45, 2.75) is 6.42 Å². The van der Waals surface area contributed by atoms with Gasteiger partial charge < -0.3 is 15.8 Å². The number of hydrogen-bond donors (Lipinski definition) is 2. The zero-order valence-corrected chi connectivity index (χ0v) is 9.47. The summed E-state index contributed by atoms with van der Waals surface area (Å²) in [6, 6.07) is 0. The fourth-order valence-electron chi connectivity index (χ4n) is 1.01. The Labute approximate surface area is 92.6 Å². The van der Waals surface area contributed by atoms with E-state index in [1.54, 1.807) is 12.5 Å². The number of thiazole rings is 1. The molecule has 1 amide bonds. The zero-order chi connectivity index (χ0) is 11.1. The van der Waals surface area contributed by atoms with Crippen molar-refractivity contribution in [2.24, 2.45) is 5.73 Å². The number of aromatic nitrogens is 1. The third-order valence-electron chi connectivity index (χ3n) is 1.73. The minimum absolute atomic E-state index is 0.161. The summed E-state index contributed by atoms with van der Waals surface area (Å²) in [7, 11) is 1.59. The van der Waals surface area contributed by atoms with Crippen LogP contribution >= 0.6 is 11.3 Å². The maximum absolute atomic E-state index is 11.5. The Balaban J connectivity index is 2.43. The molecule has 0 aliphatic carbocycles. The first-order chi connectivity index (χ1) is 7.27. The van der Waals surface area contributed by atoms with Gasteiger partial charge in [-0.15, -0.1) is 11.3 Å². The lowest BCUT2D eigenvalue weighted by Crippen LogP contribution is -2.27. The largest absolute Gasteiger partial charge is 0.383 e. The summed E-state index contributed by atoms with van der Waals surface area (Å²) in [5.41, 5.74) is 5.85. The van der Waals surface area contributed by atoms with Crippen LogP contribution in [-0.4, -0.2) is 37.7 Å². The number of ether oxygens (including phenoxy) is 1. The smallest absolute Gasteiger partial charge is 0.270 e. The second kappa shape index (κ2) is 6.49. The Morgan fingerprint density at radius 3 is 3.20 bits per heavy atom. The Morgan fingerprint density at radius 2 is 2.53 bits per heavy atom. The van der Waals surface area contributed by atoms with Crippen LogP contribution in [0.5, 0.6) is 0 Å². The molecule has 0 atom stereocenters. The molecule has 1 heterocycles. The predicted molar refractivity (Wildman–Crippen MR) is 59.1 cm³/mol. The van der Waals surface area contributed by atoms with Gasteiger partial charge in [0.2, 0.25) is 0 Å². The van der Waals surface area contributed by atoms with E-state index < -0.39 is 0 Å². The van der Waals surface area contributed by atoms with Crippen molar-refractivity contribution in [3.8, 4) is 0 Å². The van der Waals surface area contributed by atoms with Crippen LogP contribution in [0, 0.1) is 0 Å². The average Bonchev–Trinajstić information content (AvgIpc) is 2.67. The van der Waals surface area contributed by atoms with Gasteiger partial charge in [0, 0.05) is 25.5 Å². The molecular weight excluding hydrogens is 214 g/mol. The average molecular weight is 229 g/mol. The van der Waals surface area contributed by atoms with Gasteiger partial charge in [0.25, 0.3) is 5.91 Å². The number of nitrogens with one attached hydrogen (secondary N) is 1. The summed E-state index contributed by atoms with van der Waals surface area (Å²) in [4.78, 5) is 15.6. The number of nitrogens with zero attached hydrogens (tertiary/aromatic N) is 1. The quantitative estimate of drug-likeness (QED) is 0.674. The van der Waals surface area contributed by atoms with Crippen LogP contribution in [0.4, 0.5) is 0 Å². The first-order valence-electron chi connectivity index (χ1n) is 4.69. The molecule has 1 aromatic heterocycles. The summed E-state index contributed by atoms with van der Waals surface area (Å²) >= 11 is 1.46. The SMILES string of the molecule is COCCNC(=O)c1csc(CCN)n1. The van der Waals surface area contributed by atoms with Crippen molar-refractivity contribution in [3.05, 3.63) is 16.1 Å². The molecule has 5 nitrogen and oxygen atoms in total. The molecule has 0 unspecified atom stereocenters. The molecule has 0 aromatic carbocycles. The normalized spacial score (nSPS) is 10.3. The molecule has 84 valence electrons. The van der Waals surface area contributed by atoms with E-state index >= 15 is 0 Å². The van der Waals surface area contributed by atoms with Gasteiger partial charge in [-0.25, -0.2) is 4.98 Å². The predicted octanol–water partition coefficient (Wildman–Crippen LogP) is 0.0205. The van der Waals surface area contributed by atoms with Crippen LogP contribution in [0.25, 0.3) is 0 Å². The summed E-state index contributed by atoms with van der Waals surface area (Å²) < 4.78 is 4.82. The summed E-state index contributed by atoms with van der Waals surface area (Å²) in [6.07, 6.45) is 0.718. The van der Waals surface area contributed by atoms with Gasteiger partial charge in [0.15, 0.2) is 0 Å². The van der Waals surface area contributed by atoms with Crippen molar-refractivity contribution >= 4 is 17.2 Å². The van der Waals surface area contributed by atoms with Crippen molar-refractivity contribution in [3.63, 3.8) is 0 Å². The molecule has 3 N–H and O–H groups in total. The van der Waals surface area contributed by atoms with E-state index in [4.69, 9.17) is 10.5 Å². The Morgan fingerprint density at radius 1 is 1.73 bits per heavy atom. The summed E-state index contributed by atoms with van der Waals surface area (Å²) in [6.45, 7) is 1.56. The molecule has 15 heavy (non-hydrogen) atoms. The van der Waals surface area contributed by atoms with E-state index in [-0.39, 0.29) is 5.91 Å². The Kier molecular flexibility index (Phi) is 5.23. The topological polar surface area (TPSA) is 77.2 Å². The van der Waals surface area contributed by atoms with Crippen LogP contribution in [-0.2, 0) is 11.2 Å². The number of carbonyl (C=O) groups excluding carboxylic acids is 1. The van der Waals surface area contributed by atoms with Crippen molar-refractivity contribution in [1.29, 1.82) is 0 Å². The molecule has 0 radical (unpaired) electrons. The molecule has 0 aliphatic rings. The number of methoxy groups -OCH3 is 1. The molecular formula is C9H15N3O2S. The molecule has 0 fully saturated rings. The molecule has 0 saturated carbocycles. The first kappa shape index (κ1) is 12.1. The third kappa shape index (κ3) is 3.94. The highest BCUT2D eigenvalue weighted by atomic mass is 32.1. The van der Waals surface area contributed by atoms with E-state index in [0.29, 0.717) is 25.4 Å². The zero-order valence-electron chi connectivity index (χ0n) is 8.66. The lowest BCUT2D eigenvalue weighted by molar-refractivity contribution is 0.0932. The highest BCUT2D eigenvalue weighted by Gasteiger charge is 2.09. The van der Waals surface area contributed by atoms with Crippen LogP contribution < -0.4 is 11.1 Å². The monoisotopic (exact) mass is 229 g/mol. The lowest BCUT2D eigenvalue weighted by Gasteiger charge is -2.00. The van der Waals surface area contributed by atoms with Gasteiger partial charge in [-0.3, -0.25) is 4.79 Å². The van der Waals surface area contributed by atoms with Crippen molar-refractivity contribution in [2.75, 3.05) is 26.8 Å². The van der Waals surface area contributed by atoms with Gasteiger partial charge >= 0.3 is 0 Å². The first-order valence-corrected chi connectivity index (χ1v) is 5.57. The highest BCUT2D eigenvalue weighted by molar-refractivity contribution is 7.09. The third-order valence-corrected chi connectivity index (χ3v) is 2.64. The molecule has 0 bridgehead atoms. The number of rotatable bonds is 6. The standard InChI is InChI=1S/C9H15N3O2S/c1-14-5-4-11-9(13)7-6-15-8(12-7)2-3-10/h6H,2-5,10H2,1H3,(H,11,13). The Bertz CT molecular complexity index is 314. The van der Waals surface area contributed by atoms with E-state index in [2.05, 4.69) is 10.3 Å². The molecule has 0 saturated heterocycles. The van der Waals surface area contributed by atoms with Crippen molar-refractivity contribution in [1.82, 2.24) is 10.3 Å². The number of nitrogens with two attached hydrogens (primary N) is 1. The molecule has 0 spiro atoms. The second-order valence-corrected chi connectivity index (χ2v) is 3.86. The molecule has 0 aliphatic heterocycles. The second-order valence-electron chi connectivity index (χ2n) is 2.91. The number of carbonyl (C=O) groups is 1. The maximum atomic E-state index is 11.5. The number of amides is 1. The maximum Gasteiger partial charge on any atom is 0.270 e. The van der Waals surface area contributed by atoms with E-state index in [9.17, 15) is 4.79 Å². The van der Waals surface area contributed by atoms with Crippen LogP contribution in [0.1, 0.15) is 15.5 Å². The molecule has 1 rings (SSSR count). The highest BCUT2D eigenvalue weighted by Crippen LogP contribution is 2.09. The fourth-order valence-corrected chi connectivity index (χ4v) is 1.80. The van der Waals surface area contributed by atoms with Gasteiger partial charge in [-0.05, 0) is 6.54 Å². The Hall–Kier alpha value is -0.980. The fraction of sp³-hybridized carbons (Fsp3) is 0.556. The number of hydrogen-bond acceptors (Lipinski definition) is 5. The minimum atomic E-state index is -0.161. The molecule has 6 heteroatoms. The summed E-state index contributed by atoms with van der Waals surface area (Å²) in [5, 5.41) is 5.35. The van der Waals surface area contributed by atoms with Crippen LogP contribution in [0.2, 0.25) is 0 Å². The van der Waals surface area contributed by atoms with Gasteiger partial charge in [0.1, 0.15) is 5.69 Å². The molecule has 1 aromatic rings. The lowest BCUT2D eigenvalue weighted by atomic mass is 10.4. The van der Waals surface area contributed by atoms with Gasteiger partial charge in [-0.2, -0.15) is 0 Å². The van der Waals surface area contributed by atoms with Crippen LogP contribution in [0.15, 0.2) is 5.38 Å². The van der Waals surface area contributed by atoms with E-state index in [0.717, 1.165) is 11.4 Å². The van der Waals surface area contributed by atoms with Crippen LogP contribution in [0.3, 0.4) is 0 Å². The summed E-state index contributed by atoms with van der Waals surface area (Å²) in [5.74, 6) is -0.161. The van der Waals surface area contributed by atoms with Crippen molar-refractivity contribution < 1.29 is 9.53 Å². The van der Waals surface area contributed by atoms with Gasteiger partial charge in [0.05, 0.1) is 11.6 Å².